The maximum absolute atomic E-state index is 14.6. The van der Waals surface area contributed by atoms with E-state index in [1.807, 2.05) is 18.2 Å². The number of hydrogen-bond donors (Lipinski definition) is 1. The van der Waals surface area contributed by atoms with Gasteiger partial charge in [0.05, 0.1) is 5.52 Å². The fraction of sp³-hybridized carbons (Fsp3) is 0.333. The number of nitrogens with one attached hydrogen (secondary N) is 1. The molecule has 1 aliphatic heterocycles. The number of H-pyrrole nitrogens is 1. The van der Waals surface area contributed by atoms with Crippen LogP contribution in [-0.4, -0.2) is 34.5 Å². The zero-order valence-corrected chi connectivity index (χ0v) is 14.9. The fourth-order valence-corrected chi connectivity index (χ4v) is 3.79. The fourth-order valence-electron chi connectivity index (χ4n) is 3.79. The predicted octanol–water partition coefficient (Wildman–Crippen LogP) is 4.48. The molecule has 0 amide bonds. The van der Waals surface area contributed by atoms with Gasteiger partial charge in [0.25, 0.3) is 0 Å². The number of benzene rings is 2. The predicted molar refractivity (Wildman–Crippen MR) is 101 cm³/mol. The van der Waals surface area contributed by atoms with Gasteiger partial charge in [0.15, 0.2) is 6.29 Å². The number of carbonyl (C=O) groups is 1. The average Bonchev–Trinajstić information content (AvgIpc) is 3.07. The molecule has 1 N–H and O–H groups in total. The van der Waals surface area contributed by atoms with Gasteiger partial charge in [-0.2, -0.15) is 5.10 Å². The summed E-state index contributed by atoms with van der Waals surface area (Å²) in [4.78, 5) is 13.6. The Kier molecular flexibility index (Phi) is 4.55. The van der Waals surface area contributed by atoms with Gasteiger partial charge in [-0.15, -0.1) is 0 Å². The van der Waals surface area contributed by atoms with Crippen molar-refractivity contribution in [3.8, 4) is 11.1 Å². The summed E-state index contributed by atoms with van der Waals surface area (Å²) in [5.41, 5.74) is 4.58. The summed E-state index contributed by atoms with van der Waals surface area (Å²) < 4.78 is 14.6. The molecule has 3 aromatic rings. The zero-order chi connectivity index (χ0) is 18.1. The number of aldehydes is 1. The Morgan fingerprint density at radius 1 is 1.19 bits per heavy atom. The van der Waals surface area contributed by atoms with Crippen LogP contribution in [-0.2, 0) is 6.54 Å². The molecule has 134 valence electrons. The highest BCUT2D eigenvalue weighted by Gasteiger charge is 2.15. The lowest BCUT2D eigenvalue weighted by Crippen LogP contribution is -2.29. The van der Waals surface area contributed by atoms with Crippen LogP contribution in [0.2, 0.25) is 0 Å². The van der Waals surface area contributed by atoms with E-state index in [0.717, 1.165) is 53.5 Å². The van der Waals surface area contributed by atoms with Gasteiger partial charge in [0.1, 0.15) is 11.5 Å². The van der Waals surface area contributed by atoms with Crippen molar-refractivity contribution >= 4 is 17.2 Å². The smallest absolute Gasteiger partial charge is 0.168 e. The minimum absolute atomic E-state index is 0.183. The number of likely N-dealkylation sites (tertiary alicyclic amines) is 1. The number of aromatic amines is 1. The maximum atomic E-state index is 14.6. The van der Waals surface area contributed by atoms with Gasteiger partial charge in [-0.3, -0.25) is 14.8 Å². The Labute approximate surface area is 152 Å². The second-order valence-corrected chi connectivity index (χ2v) is 7.07. The number of halogens is 1. The quantitative estimate of drug-likeness (QED) is 0.705. The van der Waals surface area contributed by atoms with Crippen molar-refractivity contribution in [2.24, 2.45) is 0 Å². The summed E-state index contributed by atoms with van der Waals surface area (Å²) in [6.07, 6.45) is 4.48. The summed E-state index contributed by atoms with van der Waals surface area (Å²) in [6, 6.07) is 9.44. The molecule has 26 heavy (non-hydrogen) atoms. The second kappa shape index (κ2) is 7.00. The standard InChI is InChI=1S/C21H22FN3O/c1-14-17(16-5-6-20-18(11-16)21(13-26)24-23-20)9-15(10-19(14)22)12-25-7-3-2-4-8-25/h5-6,9-11,13H,2-4,7-8,12H2,1H3,(H,23,24). The maximum Gasteiger partial charge on any atom is 0.168 e. The van der Waals surface area contributed by atoms with E-state index >= 15 is 0 Å². The van der Waals surface area contributed by atoms with Crippen molar-refractivity contribution in [1.29, 1.82) is 0 Å². The van der Waals surface area contributed by atoms with E-state index in [1.165, 1.54) is 19.3 Å². The van der Waals surface area contributed by atoms with Crippen LogP contribution in [0.4, 0.5) is 4.39 Å². The molecular weight excluding hydrogens is 329 g/mol. The first-order valence-electron chi connectivity index (χ1n) is 9.11. The minimum atomic E-state index is -0.183. The SMILES string of the molecule is Cc1c(F)cc(CN2CCCCC2)cc1-c1ccc2n[nH]c(C=O)c2c1. The summed E-state index contributed by atoms with van der Waals surface area (Å²) >= 11 is 0. The van der Waals surface area contributed by atoms with Gasteiger partial charge in [0, 0.05) is 11.9 Å². The molecule has 5 heteroatoms. The highest BCUT2D eigenvalue weighted by atomic mass is 19.1. The van der Waals surface area contributed by atoms with Gasteiger partial charge in [-0.1, -0.05) is 12.5 Å². The third-order valence-electron chi connectivity index (χ3n) is 5.27. The van der Waals surface area contributed by atoms with Crippen LogP contribution in [0.15, 0.2) is 30.3 Å². The first kappa shape index (κ1) is 16.9. The molecule has 1 fully saturated rings. The van der Waals surface area contributed by atoms with Crippen LogP contribution < -0.4 is 0 Å². The number of nitrogens with zero attached hydrogens (tertiary/aromatic N) is 2. The van der Waals surface area contributed by atoms with Crippen molar-refractivity contribution in [3.63, 3.8) is 0 Å². The van der Waals surface area contributed by atoms with Crippen molar-refractivity contribution < 1.29 is 9.18 Å². The lowest BCUT2D eigenvalue weighted by atomic mass is 9.96. The van der Waals surface area contributed by atoms with Gasteiger partial charge >= 0.3 is 0 Å². The Bertz CT molecular complexity index is 957. The number of rotatable bonds is 4. The molecule has 2 heterocycles. The van der Waals surface area contributed by atoms with Gasteiger partial charge in [-0.05, 0) is 79.4 Å². The highest BCUT2D eigenvalue weighted by molar-refractivity contribution is 5.97. The molecule has 0 unspecified atom stereocenters. The molecule has 0 radical (unpaired) electrons. The van der Waals surface area contributed by atoms with Crippen LogP contribution >= 0.6 is 0 Å². The number of fused-ring (bicyclic) bond motifs is 1. The Morgan fingerprint density at radius 2 is 2.00 bits per heavy atom. The van der Waals surface area contributed by atoms with E-state index in [9.17, 15) is 9.18 Å². The van der Waals surface area contributed by atoms with Crippen LogP contribution in [0.25, 0.3) is 22.0 Å². The monoisotopic (exact) mass is 351 g/mol. The number of aromatic nitrogens is 2. The lowest BCUT2D eigenvalue weighted by Gasteiger charge is -2.26. The van der Waals surface area contributed by atoms with Crippen molar-refractivity contribution in [2.75, 3.05) is 13.1 Å². The number of piperidine rings is 1. The third-order valence-corrected chi connectivity index (χ3v) is 5.27. The Morgan fingerprint density at radius 3 is 2.77 bits per heavy atom. The lowest BCUT2D eigenvalue weighted by molar-refractivity contribution is 0.112. The third kappa shape index (κ3) is 3.15. The van der Waals surface area contributed by atoms with Crippen molar-refractivity contribution in [2.45, 2.75) is 32.7 Å². The van der Waals surface area contributed by atoms with Gasteiger partial charge in [-0.25, -0.2) is 4.39 Å². The van der Waals surface area contributed by atoms with Gasteiger partial charge < -0.3 is 0 Å². The molecule has 1 aromatic heterocycles. The molecule has 2 aromatic carbocycles. The molecule has 4 nitrogen and oxygen atoms in total. The van der Waals surface area contributed by atoms with Crippen molar-refractivity contribution in [3.05, 3.63) is 53.0 Å². The number of hydrogen-bond acceptors (Lipinski definition) is 3. The van der Waals surface area contributed by atoms with Gasteiger partial charge in [0.2, 0.25) is 0 Å². The molecule has 1 aliphatic rings. The first-order valence-corrected chi connectivity index (χ1v) is 9.11. The highest BCUT2D eigenvalue weighted by Crippen LogP contribution is 2.30. The molecular formula is C21H22FN3O. The first-order chi connectivity index (χ1) is 12.7. The van der Waals surface area contributed by atoms with E-state index < -0.39 is 0 Å². The van der Waals surface area contributed by atoms with E-state index in [4.69, 9.17) is 0 Å². The van der Waals surface area contributed by atoms with Crippen LogP contribution in [0.1, 0.15) is 40.9 Å². The van der Waals surface area contributed by atoms with Crippen LogP contribution in [0.5, 0.6) is 0 Å². The van der Waals surface area contributed by atoms with E-state index in [2.05, 4.69) is 21.2 Å². The minimum Gasteiger partial charge on any atom is -0.299 e. The summed E-state index contributed by atoms with van der Waals surface area (Å²) in [6.45, 7) is 4.73. The number of carbonyl (C=O) groups excluding carboxylic acids is 1. The Balaban J connectivity index is 1.74. The molecule has 0 atom stereocenters. The summed E-state index contributed by atoms with van der Waals surface area (Å²) in [7, 11) is 0. The van der Waals surface area contributed by atoms with E-state index in [-0.39, 0.29) is 5.82 Å². The van der Waals surface area contributed by atoms with Crippen molar-refractivity contribution in [1.82, 2.24) is 15.1 Å². The molecule has 0 saturated carbocycles. The molecule has 0 spiro atoms. The summed E-state index contributed by atoms with van der Waals surface area (Å²) in [5, 5.41) is 7.62. The molecule has 4 rings (SSSR count). The van der Waals surface area contributed by atoms with Crippen LogP contribution in [0.3, 0.4) is 0 Å². The Hall–Kier alpha value is -2.53. The topological polar surface area (TPSA) is 49.0 Å². The largest absolute Gasteiger partial charge is 0.299 e. The zero-order valence-electron chi connectivity index (χ0n) is 14.9. The van der Waals surface area contributed by atoms with Crippen LogP contribution in [0, 0.1) is 12.7 Å². The average molecular weight is 351 g/mol. The molecule has 0 aliphatic carbocycles. The van der Waals surface area contributed by atoms with E-state index in [0.29, 0.717) is 11.3 Å². The second-order valence-electron chi connectivity index (χ2n) is 7.07. The molecule has 1 saturated heterocycles. The summed E-state index contributed by atoms with van der Waals surface area (Å²) in [5.74, 6) is -0.183. The van der Waals surface area contributed by atoms with E-state index in [1.54, 1.807) is 13.0 Å². The normalized spacial score (nSPS) is 15.5. The molecule has 0 bridgehead atoms.